The quantitative estimate of drug-likeness (QED) is 0.814. The number of carbonyl (C=O) groups excluding carboxylic acids is 1. The molecule has 0 aliphatic carbocycles. The van der Waals surface area contributed by atoms with E-state index in [0.717, 1.165) is 5.56 Å². The van der Waals surface area contributed by atoms with E-state index in [1.807, 2.05) is 30.9 Å². The number of nitrogens with zero attached hydrogens (tertiary/aromatic N) is 2. The fourth-order valence-corrected chi connectivity index (χ4v) is 3.33. The third-order valence-corrected chi connectivity index (χ3v) is 4.61. The molecule has 1 aliphatic rings. The van der Waals surface area contributed by atoms with Gasteiger partial charge in [0.25, 0.3) is 5.91 Å². The minimum absolute atomic E-state index is 0.00660. The van der Waals surface area contributed by atoms with Crippen LogP contribution in [0.15, 0.2) is 41.0 Å². The molecule has 1 aromatic heterocycles. The molecule has 0 spiro atoms. The highest BCUT2D eigenvalue weighted by Gasteiger charge is 2.26. The molecule has 0 radical (unpaired) electrons. The molecule has 1 saturated heterocycles. The first kappa shape index (κ1) is 18.8. The Morgan fingerprint density at radius 3 is 2.58 bits per heavy atom. The number of hydrogen-bond acceptors (Lipinski definition) is 4. The predicted molar refractivity (Wildman–Crippen MR) is 102 cm³/mol. The van der Waals surface area contributed by atoms with Gasteiger partial charge in [-0.2, -0.15) is 0 Å². The fourth-order valence-electron chi connectivity index (χ4n) is 3.02. The number of carbonyl (C=O) groups is 1. The van der Waals surface area contributed by atoms with Gasteiger partial charge in [-0.3, -0.25) is 4.79 Å². The third kappa shape index (κ3) is 4.59. The highest BCUT2D eigenvalue weighted by atomic mass is 79.9. The normalized spacial score (nSPS) is 20.1. The lowest BCUT2D eigenvalue weighted by atomic mass is 10.1. The summed E-state index contributed by atoms with van der Waals surface area (Å²) in [7, 11) is 0. The average molecular weight is 422 g/mol. The van der Waals surface area contributed by atoms with Gasteiger partial charge in [0.1, 0.15) is 0 Å². The second-order valence-corrected chi connectivity index (χ2v) is 7.42. The lowest BCUT2D eigenvalue weighted by Crippen LogP contribution is -2.48. The second-order valence-electron chi connectivity index (χ2n) is 6.50. The van der Waals surface area contributed by atoms with E-state index in [9.17, 15) is 9.18 Å². The van der Waals surface area contributed by atoms with Crippen molar-refractivity contribution >= 4 is 27.7 Å². The Balaban J connectivity index is 1.62. The van der Waals surface area contributed by atoms with Gasteiger partial charge >= 0.3 is 0 Å². The predicted octanol–water partition coefficient (Wildman–Crippen LogP) is 3.84. The zero-order valence-electron chi connectivity index (χ0n) is 14.7. The van der Waals surface area contributed by atoms with Gasteiger partial charge in [0.05, 0.1) is 12.2 Å². The number of hydrogen-bond donors (Lipinski definition) is 1. The molecule has 1 N–H and O–H groups in total. The zero-order chi connectivity index (χ0) is 18.7. The Kier molecular flexibility index (Phi) is 5.88. The number of rotatable bonds is 4. The molecule has 1 aromatic carbocycles. The van der Waals surface area contributed by atoms with Crippen molar-refractivity contribution in [1.29, 1.82) is 0 Å². The van der Waals surface area contributed by atoms with Crippen molar-refractivity contribution in [1.82, 2.24) is 9.88 Å². The van der Waals surface area contributed by atoms with Gasteiger partial charge in [0.2, 0.25) is 0 Å². The maximum atomic E-state index is 13.8. The first-order valence-corrected chi connectivity index (χ1v) is 9.30. The summed E-state index contributed by atoms with van der Waals surface area (Å²) in [4.78, 5) is 18.5. The smallest absolute Gasteiger partial charge is 0.254 e. The maximum absolute atomic E-state index is 13.8. The highest BCUT2D eigenvalue weighted by molar-refractivity contribution is 9.10. The summed E-state index contributed by atoms with van der Waals surface area (Å²) in [5, 5.41) is 2.96. The lowest BCUT2D eigenvalue weighted by molar-refractivity contribution is -0.0586. The first-order valence-electron chi connectivity index (χ1n) is 8.51. The first-order chi connectivity index (χ1) is 12.4. The van der Waals surface area contributed by atoms with Crippen LogP contribution in [-0.4, -0.2) is 41.1 Å². The molecule has 0 saturated carbocycles. The number of pyridine rings is 1. The van der Waals surface area contributed by atoms with Crippen LogP contribution in [0.25, 0.3) is 0 Å². The van der Waals surface area contributed by atoms with E-state index in [0.29, 0.717) is 29.7 Å². The fraction of sp³-hybridized carbons (Fsp3) is 0.368. The summed E-state index contributed by atoms with van der Waals surface area (Å²) in [6.45, 7) is 5.56. The molecule has 5 nitrogen and oxygen atoms in total. The van der Waals surface area contributed by atoms with Gasteiger partial charge in [-0.1, -0.05) is 12.1 Å². The number of amides is 1. The Morgan fingerprint density at radius 1 is 1.31 bits per heavy atom. The molecule has 3 rings (SSSR count). The zero-order valence-corrected chi connectivity index (χ0v) is 16.3. The SMILES string of the molecule is C[C@H]1CN(C(=O)c2ccc(CNc3ncc(Br)cc3F)cc2)C[C@H](C)O1. The van der Waals surface area contributed by atoms with Gasteiger partial charge < -0.3 is 15.0 Å². The van der Waals surface area contributed by atoms with Crippen molar-refractivity contribution in [3.05, 3.63) is 57.9 Å². The maximum Gasteiger partial charge on any atom is 0.254 e. The third-order valence-electron chi connectivity index (χ3n) is 4.18. The van der Waals surface area contributed by atoms with Crippen LogP contribution in [-0.2, 0) is 11.3 Å². The van der Waals surface area contributed by atoms with E-state index < -0.39 is 5.82 Å². The summed E-state index contributed by atoms with van der Waals surface area (Å²) in [5.41, 5.74) is 1.58. The van der Waals surface area contributed by atoms with E-state index in [1.54, 1.807) is 12.1 Å². The van der Waals surface area contributed by atoms with Crippen LogP contribution < -0.4 is 5.32 Å². The van der Waals surface area contributed by atoms with Crippen LogP contribution >= 0.6 is 15.9 Å². The molecule has 2 atom stereocenters. The van der Waals surface area contributed by atoms with Crippen molar-refractivity contribution in [3.63, 3.8) is 0 Å². The number of aromatic nitrogens is 1. The second kappa shape index (κ2) is 8.14. The number of halogens is 2. The molecular formula is C19H21BrFN3O2. The topological polar surface area (TPSA) is 54.5 Å². The molecule has 7 heteroatoms. The van der Waals surface area contributed by atoms with E-state index in [2.05, 4.69) is 26.2 Å². The van der Waals surface area contributed by atoms with Crippen molar-refractivity contribution in [2.45, 2.75) is 32.6 Å². The highest BCUT2D eigenvalue weighted by Crippen LogP contribution is 2.18. The van der Waals surface area contributed by atoms with Gasteiger partial charge in [0, 0.05) is 35.9 Å². The van der Waals surface area contributed by atoms with Crippen LogP contribution in [0.5, 0.6) is 0 Å². The van der Waals surface area contributed by atoms with Gasteiger partial charge in [-0.15, -0.1) is 0 Å². The van der Waals surface area contributed by atoms with Gasteiger partial charge in [-0.05, 0) is 53.5 Å². The van der Waals surface area contributed by atoms with Crippen LogP contribution in [0.4, 0.5) is 10.2 Å². The number of morpholine rings is 1. The molecule has 0 bridgehead atoms. The molecule has 1 aliphatic heterocycles. The number of anilines is 1. The summed E-state index contributed by atoms with van der Waals surface area (Å²) in [6, 6.07) is 8.70. The molecule has 1 fully saturated rings. The number of ether oxygens (including phenoxy) is 1. The number of nitrogens with one attached hydrogen (secondary N) is 1. The van der Waals surface area contributed by atoms with Crippen LogP contribution in [0.2, 0.25) is 0 Å². The van der Waals surface area contributed by atoms with E-state index in [1.165, 1.54) is 12.3 Å². The minimum Gasteiger partial charge on any atom is -0.372 e. The average Bonchev–Trinajstić information content (AvgIpc) is 2.60. The van der Waals surface area contributed by atoms with E-state index in [-0.39, 0.29) is 23.9 Å². The monoisotopic (exact) mass is 421 g/mol. The Hall–Kier alpha value is -1.99. The van der Waals surface area contributed by atoms with Gasteiger partial charge in [0.15, 0.2) is 11.6 Å². The summed E-state index contributed by atoms with van der Waals surface area (Å²) in [5.74, 6) is -0.210. The van der Waals surface area contributed by atoms with Crippen LogP contribution in [0.1, 0.15) is 29.8 Å². The standard InChI is InChI=1S/C19H21BrFN3O2/c1-12-10-24(11-13(2)26-12)19(25)15-5-3-14(4-6-15)8-22-18-17(21)7-16(20)9-23-18/h3-7,9,12-13H,8,10-11H2,1-2H3,(H,22,23)/t12-,13-/m0/s1. The van der Waals surface area contributed by atoms with Crippen molar-refractivity contribution in [2.75, 3.05) is 18.4 Å². The molecule has 26 heavy (non-hydrogen) atoms. The molecule has 2 heterocycles. The molecule has 2 aromatic rings. The molecular weight excluding hydrogens is 401 g/mol. The largest absolute Gasteiger partial charge is 0.372 e. The van der Waals surface area contributed by atoms with Crippen LogP contribution in [0, 0.1) is 5.82 Å². The van der Waals surface area contributed by atoms with E-state index >= 15 is 0 Å². The Bertz CT molecular complexity index is 775. The molecule has 0 unspecified atom stereocenters. The van der Waals surface area contributed by atoms with Crippen molar-refractivity contribution in [3.8, 4) is 0 Å². The molecule has 138 valence electrons. The molecule has 1 amide bonds. The summed E-state index contributed by atoms with van der Waals surface area (Å²) >= 11 is 3.18. The lowest BCUT2D eigenvalue weighted by Gasteiger charge is -2.35. The van der Waals surface area contributed by atoms with Gasteiger partial charge in [-0.25, -0.2) is 9.37 Å². The Morgan fingerprint density at radius 2 is 1.96 bits per heavy atom. The van der Waals surface area contributed by atoms with Crippen LogP contribution in [0.3, 0.4) is 0 Å². The van der Waals surface area contributed by atoms with Crippen molar-refractivity contribution < 1.29 is 13.9 Å². The Labute approximate surface area is 160 Å². The summed E-state index contributed by atoms with van der Waals surface area (Å²) < 4.78 is 20.0. The summed E-state index contributed by atoms with van der Waals surface area (Å²) in [6.07, 6.45) is 1.62. The van der Waals surface area contributed by atoms with E-state index in [4.69, 9.17) is 4.74 Å². The minimum atomic E-state index is -0.415. The number of benzene rings is 1. The van der Waals surface area contributed by atoms with Crippen molar-refractivity contribution in [2.24, 2.45) is 0 Å².